The zero-order valence-corrected chi connectivity index (χ0v) is 15.2. The molecule has 0 unspecified atom stereocenters. The maximum Gasteiger partial charge on any atom is 0.236 e. The van der Waals surface area contributed by atoms with Crippen LogP contribution in [0.4, 0.5) is 10.1 Å². The van der Waals surface area contributed by atoms with Crippen LogP contribution in [0.3, 0.4) is 0 Å². The summed E-state index contributed by atoms with van der Waals surface area (Å²) < 4.78 is 24.0. The Morgan fingerprint density at radius 2 is 2.07 bits per heavy atom. The van der Waals surface area contributed by atoms with Crippen LogP contribution in [0.5, 0.6) is 5.75 Å². The highest BCUT2D eigenvalue weighted by Crippen LogP contribution is 2.49. The van der Waals surface area contributed by atoms with Crippen molar-refractivity contribution in [3.05, 3.63) is 65.1 Å². The van der Waals surface area contributed by atoms with Crippen LogP contribution in [0.25, 0.3) is 11.3 Å². The summed E-state index contributed by atoms with van der Waals surface area (Å²) >= 11 is 5.78. The number of carbonyl (C=O) groups is 1. The number of carbonyl (C=O) groups excluding carboxylic acids is 1. The second kappa shape index (κ2) is 6.70. The molecule has 1 aliphatic carbocycles. The fourth-order valence-corrected chi connectivity index (χ4v) is 3.14. The molecule has 0 atom stereocenters. The minimum atomic E-state index is -0.735. The SMILES string of the molecule is COc1cccc(-c2cc(C3(C(=O)Nc4ccc(F)c(Cl)c4)CC3)no2)c1. The molecule has 138 valence electrons. The number of amides is 1. The maximum atomic E-state index is 13.3. The Morgan fingerprint density at radius 1 is 1.26 bits per heavy atom. The molecular weight excluding hydrogens is 371 g/mol. The molecule has 0 aliphatic heterocycles. The monoisotopic (exact) mass is 386 g/mol. The lowest BCUT2D eigenvalue weighted by Crippen LogP contribution is -2.28. The second-order valence-electron chi connectivity index (χ2n) is 6.47. The van der Waals surface area contributed by atoms with Crippen LogP contribution >= 0.6 is 11.6 Å². The molecule has 1 aliphatic rings. The number of hydrogen-bond acceptors (Lipinski definition) is 4. The summed E-state index contributed by atoms with van der Waals surface area (Å²) in [4.78, 5) is 12.8. The van der Waals surface area contributed by atoms with E-state index in [4.69, 9.17) is 20.9 Å². The summed E-state index contributed by atoms with van der Waals surface area (Å²) in [5.41, 5.74) is 1.09. The molecule has 0 saturated heterocycles. The first-order chi connectivity index (χ1) is 13.0. The van der Waals surface area contributed by atoms with Crippen molar-refractivity contribution in [2.24, 2.45) is 0 Å². The minimum absolute atomic E-state index is 0.0422. The molecule has 1 amide bonds. The van der Waals surface area contributed by atoms with Gasteiger partial charge in [-0.15, -0.1) is 0 Å². The number of halogens is 2. The molecule has 0 spiro atoms. The smallest absolute Gasteiger partial charge is 0.236 e. The molecule has 1 fully saturated rings. The Hall–Kier alpha value is -2.86. The van der Waals surface area contributed by atoms with E-state index >= 15 is 0 Å². The van der Waals surface area contributed by atoms with E-state index in [-0.39, 0.29) is 10.9 Å². The van der Waals surface area contributed by atoms with E-state index < -0.39 is 11.2 Å². The number of benzene rings is 2. The lowest BCUT2D eigenvalue weighted by atomic mass is 10.00. The van der Waals surface area contributed by atoms with Gasteiger partial charge in [0, 0.05) is 17.3 Å². The number of nitrogens with one attached hydrogen (secondary N) is 1. The van der Waals surface area contributed by atoms with Gasteiger partial charge in [-0.2, -0.15) is 0 Å². The van der Waals surface area contributed by atoms with Gasteiger partial charge < -0.3 is 14.6 Å². The van der Waals surface area contributed by atoms with Crippen LogP contribution in [0.1, 0.15) is 18.5 Å². The zero-order valence-electron chi connectivity index (χ0n) is 14.5. The minimum Gasteiger partial charge on any atom is -0.497 e. The van der Waals surface area contributed by atoms with Crippen molar-refractivity contribution >= 4 is 23.2 Å². The predicted molar refractivity (Wildman–Crippen MR) is 99.4 cm³/mol. The molecule has 4 rings (SSSR count). The zero-order chi connectivity index (χ0) is 19.0. The van der Waals surface area contributed by atoms with E-state index in [1.165, 1.54) is 18.2 Å². The Kier molecular flexibility index (Phi) is 4.36. The van der Waals surface area contributed by atoms with Gasteiger partial charge in [0.2, 0.25) is 5.91 Å². The van der Waals surface area contributed by atoms with Gasteiger partial charge in [0.1, 0.15) is 11.6 Å². The molecule has 3 aromatic rings. The summed E-state index contributed by atoms with van der Waals surface area (Å²) in [7, 11) is 1.59. The van der Waals surface area contributed by atoms with Crippen molar-refractivity contribution < 1.29 is 18.4 Å². The van der Waals surface area contributed by atoms with Gasteiger partial charge in [0.05, 0.1) is 23.2 Å². The van der Waals surface area contributed by atoms with E-state index in [1.54, 1.807) is 13.2 Å². The van der Waals surface area contributed by atoms with E-state index in [1.807, 2.05) is 24.3 Å². The third-order valence-corrected chi connectivity index (χ3v) is 5.01. The van der Waals surface area contributed by atoms with Gasteiger partial charge in [-0.25, -0.2) is 4.39 Å². The summed E-state index contributed by atoms with van der Waals surface area (Å²) in [6, 6.07) is 13.3. The Bertz CT molecular complexity index is 1010. The standard InChI is InChI=1S/C20H16ClFN2O3/c1-26-14-4-2-3-12(9-14)17-11-18(24-27-17)20(7-8-20)19(25)23-13-5-6-16(22)15(21)10-13/h2-6,9-11H,7-8H2,1H3,(H,23,25). The van der Waals surface area contributed by atoms with E-state index in [0.29, 0.717) is 35.7 Å². The summed E-state index contributed by atoms with van der Waals surface area (Å²) in [6.07, 6.45) is 1.33. The summed E-state index contributed by atoms with van der Waals surface area (Å²) in [5.74, 6) is 0.524. The number of rotatable bonds is 5. The fraction of sp³-hybridized carbons (Fsp3) is 0.200. The van der Waals surface area contributed by atoms with Crippen LogP contribution in [-0.2, 0) is 10.2 Å². The Balaban J connectivity index is 1.56. The summed E-state index contributed by atoms with van der Waals surface area (Å²) in [5, 5.41) is 6.86. The topological polar surface area (TPSA) is 64.4 Å². The summed E-state index contributed by atoms with van der Waals surface area (Å²) in [6.45, 7) is 0. The molecule has 7 heteroatoms. The molecule has 27 heavy (non-hydrogen) atoms. The number of ether oxygens (including phenoxy) is 1. The third-order valence-electron chi connectivity index (χ3n) is 4.72. The number of hydrogen-bond donors (Lipinski definition) is 1. The van der Waals surface area contributed by atoms with Crippen molar-refractivity contribution in [1.82, 2.24) is 5.16 Å². The van der Waals surface area contributed by atoms with Crippen molar-refractivity contribution in [2.45, 2.75) is 18.3 Å². The molecule has 0 bridgehead atoms. The number of anilines is 1. The van der Waals surface area contributed by atoms with Crippen molar-refractivity contribution in [3.63, 3.8) is 0 Å². The highest BCUT2D eigenvalue weighted by molar-refractivity contribution is 6.31. The van der Waals surface area contributed by atoms with Gasteiger partial charge in [-0.3, -0.25) is 4.79 Å². The van der Waals surface area contributed by atoms with Crippen molar-refractivity contribution in [1.29, 1.82) is 0 Å². The number of aromatic nitrogens is 1. The largest absolute Gasteiger partial charge is 0.497 e. The molecule has 0 radical (unpaired) electrons. The first kappa shape index (κ1) is 17.5. The molecule has 1 heterocycles. The average molecular weight is 387 g/mol. The highest BCUT2D eigenvalue weighted by Gasteiger charge is 2.53. The lowest BCUT2D eigenvalue weighted by molar-refractivity contribution is -0.118. The van der Waals surface area contributed by atoms with Crippen molar-refractivity contribution in [2.75, 3.05) is 12.4 Å². The van der Waals surface area contributed by atoms with Gasteiger partial charge in [-0.1, -0.05) is 28.9 Å². The molecule has 1 saturated carbocycles. The van der Waals surface area contributed by atoms with Gasteiger partial charge in [0.25, 0.3) is 0 Å². The van der Waals surface area contributed by atoms with Crippen LogP contribution in [-0.4, -0.2) is 18.2 Å². The van der Waals surface area contributed by atoms with Gasteiger partial charge in [0.15, 0.2) is 5.76 Å². The fourth-order valence-electron chi connectivity index (χ4n) is 2.96. The lowest BCUT2D eigenvalue weighted by Gasteiger charge is -2.12. The Morgan fingerprint density at radius 3 is 2.78 bits per heavy atom. The van der Waals surface area contributed by atoms with Gasteiger partial charge >= 0.3 is 0 Å². The first-order valence-corrected chi connectivity index (χ1v) is 8.78. The quantitative estimate of drug-likeness (QED) is 0.683. The second-order valence-corrected chi connectivity index (χ2v) is 6.88. The molecular formula is C20H16ClFN2O3. The Labute approximate surface area is 160 Å². The predicted octanol–water partition coefficient (Wildman–Crippen LogP) is 4.81. The molecule has 1 N–H and O–H groups in total. The van der Waals surface area contributed by atoms with E-state index in [0.717, 1.165) is 5.56 Å². The first-order valence-electron chi connectivity index (χ1n) is 8.40. The molecule has 5 nitrogen and oxygen atoms in total. The van der Waals surface area contributed by atoms with Crippen LogP contribution in [0.15, 0.2) is 53.1 Å². The number of methoxy groups -OCH3 is 1. The van der Waals surface area contributed by atoms with E-state index in [9.17, 15) is 9.18 Å². The molecule has 2 aromatic carbocycles. The third kappa shape index (κ3) is 3.28. The van der Waals surface area contributed by atoms with Crippen LogP contribution < -0.4 is 10.1 Å². The van der Waals surface area contributed by atoms with Crippen molar-refractivity contribution in [3.8, 4) is 17.1 Å². The highest BCUT2D eigenvalue weighted by atomic mass is 35.5. The van der Waals surface area contributed by atoms with Crippen LogP contribution in [0, 0.1) is 5.82 Å². The van der Waals surface area contributed by atoms with E-state index in [2.05, 4.69) is 10.5 Å². The maximum absolute atomic E-state index is 13.3. The normalized spacial score (nSPS) is 14.6. The van der Waals surface area contributed by atoms with Gasteiger partial charge in [-0.05, 0) is 43.2 Å². The van der Waals surface area contributed by atoms with Crippen LogP contribution in [0.2, 0.25) is 5.02 Å². The number of nitrogens with zero attached hydrogens (tertiary/aromatic N) is 1. The average Bonchev–Trinajstić information content (AvgIpc) is 3.34. The molecule has 1 aromatic heterocycles.